The molecule has 2 aromatic heterocycles. The summed E-state index contributed by atoms with van der Waals surface area (Å²) in [5, 5.41) is 13.3. The van der Waals surface area contributed by atoms with Crippen molar-refractivity contribution < 1.29 is 4.92 Å². The molecule has 0 spiro atoms. The summed E-state index contributed by atoms with van der Waals surface area (Å²) in [5.74, 6) is 0. The summed E-state index contributed by atoms with van der Waals surface area (Å²) in [4.78, 5) is 19.9. The van der Waals surface area contributed by atoms with Crippen LogP contribution in [0.15, 0.2) is 46.6 Å². The quantitative estimate of drug-likeness (QED) is 0.298. The first-order chi connectivity index (χ1) is 11.6. The lowest BCUT2D eigenvalue weighted by atomic mass is 10.2. The van der Waals surface area contributed by atoms with E-state index in [1.54, 1.807) is 0 Å². The van der Waals surface area contributed by atoms with Gasteiger partial charge in [0.2, 0.25) is 0 Å². The summed E-state index contributed by atoms with van der Waals surface area (Å²) < 4.78 is 8.04. The molecular formula is C14H6ClN5O2S2. The van der Waals surface area contributed by atoms with Crippen LogP contribution in [-0.4, -0.2) is 23.6 Å². The minimum atomic E-state index is -0.466. The van der Waals surface area contributed by atoms with Crippen LogP contribution in [0, 0.1) is 10.1 Å². The summed E-state index contributed by atoms with van der Waals surface area (Å²) in [7, 11) is 0. The maximum Gasteiger partial charge on any atom is 0.312 e. The number of nitro benzene ring substituents is 1. The van der Waals surface area contributed by atoms with E-state index in [1.807, 2.05) is 24.3 Å². The van der Waals surface area contributed by atoms with Crippen LogP contribution in [0.2, 0.25) is 5.02 Å². The van der Waals surface area contributed by atoms with Gasteiger partial charge in [0.05, 0.1) is 32.1 Å². The second-order valence-electron chi connectivity index (χ2n) is 4.72. The third-order valence-electron chi connectivity index (χ3n) is 3.33. The van der Waals surface area contributed by atoms with Crippen molar-refractivity contribution in [3.8, 4) is 0 Å². The lowest BCUT2D eigenvalue weighted by Crippen LogP contribution is -1.94. The maximum atomic E-state index is 11.6. The summed E-state index contributed by atoms with van der Waals surface area (Å²) >= 11 is 8.26. The monoisotopic (exact) mass is 375 g/mol. The fraction of sp³-hybridized carbons (Fsp3) is 0. The zero-order valence-electron chi connectivity index (χ0n) is 11.7. The van der Waals surface area contributed by atoms with Gasteiger partial charge in [-0.15, -0.1) is 0 Å². The van der Waals surface area contributed by atoms with E-state index in [2.05, 4.69) is 18.7 Å². The average molecular weight is 376 g/mol. The van der Waals surface area contributed by atoms with Gasteiger partial charge in [0.25, 0.3) is 0 Å². The van der Waals surface area contributed by atoms with E-state index in [-0.39, 0.29) is 11.2 Å². The molecule has 0 atom stereocenters. The van der Waals surface area contributed by atoms with Gasteiger partial charge in [0, 0.05) is 5.39 Å². The van der Waals surface area contributed by atoms with Crippen LogP contribution in [0.4, 0.5) is 5.69 Å². The van der Waals surface area contributed by atoms with E-state index in [9.17, 15) is 10.1 Å². The smallest absolute Gasteiger partial charge is 0.258 e. The van der Waals surface area contributed by atoms with Gasteiger partial charge >= 0.3 is 5.69 Å². The second-order valence-corrected chi connectivity index (χ2v) is 6.69. The number of benzene rings is 2. The highest BCUT2D eigenvalue weighted by atomic mass is 35.5. The van der Waals surface area contributed by atoms with Gasteiger partial charge < -0.3 is 0 Å². The fourth-order valence-corrected chi connectivity index (χ4v) is 4.24. The van der Waals surface area contributed by atoms with Gasteiger partial charge in [0.15, 0.2) is 5.52 Å². The zero-order chi connectivity index (χ0) is 16.7. The predicted molar refractivity (Wildman–Crippen MR) is 92.7 cm³/mol. The van der Waals surface area contributed by atoms with Crippen molar-refractivity contribution >= 4 is 62.7 Å². The molecule has 118 valence electrons. The standard InChI is InChI=1S/C14H6ClN5O2S2/c15-8-5-10(13(20(21)22)12-11(8)18-24-19-12)23-14-7-3-1-2-4-9(7)16-6-17-14/h1-6H. The number of halogens is 1. The van der Waals surface area contributed by atoms with Crippen LogP contribution in [0.5, 0.6) is 0 Å². The molecule has 0 amide bonds. The molecule has 0 aliphatic rings. The van der Waals surface area contributed by atoms with Gasteiger partial charge in [-0.3, -0.25) is 10.1 Å². The van der Waals surface area contributed by atoms with Crippen LogP contribution in [0.3, 0.4) is 0 Å². The molecule has 0 saturated heterocycles. The van der Waals surface area contributed by atoms with Gasteiger partial charge in [-0.2, -0.15) is 8.75 Å². The first-order valence-corrected chi connectivity index (χ1v) is 8.54. The van der Waals surface area contributed by atoms with E-state index >= 15 is 0 Å². The molecule has 0 saturated carbocycles. The first-order valence-electron chi connectivity index (χ1n) is 6.62. The normalized spacial score (nSPS) is 11.2. The summed E-state index contributed by atoms with van der Waals surface area (Å²) in [6.45, 7) is 0. The Balaban J connectivity index is 1.93. The fourth-order valence-electron chi connectivity index (χ4n) is 2.29. The third-order valence-corrected chi connectivity index (χ3v) is 5.19. The van der Waals surface area contributed by atoms with Gasteiger partial charge in [0.1, 0.15) is 16.9 Å². The van der Waals surface area contributed by atoms with Gasteiger partial charge in [-0.05, 0) is 12.1 Å². The molecule has 0 N–H and O–H groups in total. The minimum absolute atomic E-state index is 0.115. The maximum absolute atomic E-state index is 11.6. The van der Waals surface area contributed by atoms with Crippen LogP contribution in [0.25, 0.3) is 21.9 Å². The predicted octanol–water partition coefficient (Wildman–Crippen LogP) is 4.35. The number of rotatable bonds is 3. The van der Waals surface area contributed by atoms with Crippen LogP contribution in [0.1, 0.15) is 0 Å². The van der Waals surface area contributed by atoms with E-state index < -0.39 is 4.92 Å². The topological polar surface area (TPSA) is 94.7 Å². The Labute approximate surface area is 148 Å². The lowest BCUT2D eigenvalue weighted by Gasteiger charge is -2.06. The second kappa shape index (κ2) is 5.93. The zero-order valence-corrected chi connectivity index (χ0v) is 14.1. The van der Waals surface area contributed by atoms with Gasteiger partial charge in [-0.1, -0.05) is 41.6 Å². The van der Waals surface area contributed by atoms with Crippen LogP contribution >= 0.6 is 35.1 Å². The van der Waals surface area contributed by atoms with Crippen molar-refractivity contribution in [2.45, 2.75) is 9.92 Å². The van der Waals surface area contributed by atoms with Crippen molar-refractivity contribution in [1.82, 2.24) is 18.7 Å². The Morgan fingerprint density at radius 2 is 1.96 bits per heavy atom. The Morgan fingerprint density at radius 1 is 1.17 bits per heavy atom. The first kappa shape index (κ1) is 15.2. The molecule has 2 aromatic carbocycles. The molecule has 7 nitrogen and oxygen atoms in total. The number of para-hydroxylation sites is 1. The SMILES string of the molecule is O=[N+]([O-])c1c(Sc2ncnc3ccccc23)cc(Cl)c2nsnc12. The molecule has 0 radical (unpaired) electrons. The highest BCUT2D eigenvalue weighted by molar-refractivity contribution is 7.99. The van der Waals surface area contributed by atoms with Crippen molar-refractivity contribution in [1.29, 1.82) is 0 Å². The van der Waals surface area contributed by atoms with Crippen molar-refractivity contribution in [3.05, 3.63) is 51.8 Å². The van der Waals surface area contributed by atoms with E-state index in [4.69, 9.17) is 11.6 Å². The summed E-state index contributed by atoms with van der Waals surface area (Å²) in [6.07, 6.45) is 1.43. The van der Waals surface area contributed by atoms with Crippen LogP contribution in [-0.2, 0) is 0 Å². The van der Waals surface area contributed by atoms with Crippen molar-refractivity contribution in [3.63, 3.8) is 0 Å². The summed E-state index contributed by atoms with van der Waals surface area (Å²) in [6, 6.07) is 9.00. The van der Waals surface area contributed by atoms with E-state index in [0.717, 1.165) is 34.4 Å². The minimum Gasteiger partial charge on any atom is -0.258 e. The number of hydrogen-bond donors (Lipinski definition) is 0. The molecule has 0 aliphatic heterocycles. The number of fused-ring (bicyclic) bond motifs is 2. The molecule has 10 heteroatoms. The van der Waals surface area contributed by atoms with E-state index in [1.165, 1.54) is 12.4 Å². The van der Waals surface area contributed by atoms with Crippen LogP contribution < -0.4 is 0 Å². The molecule has 0 fully saturated rings. The highest BCUT2D eigenvalue weighted by Crippen LogP contribution is 2.42. The Bertz CT molecular complexity index is 1100. The molecule has 2 heterocycles. The molecule has 0 unspecified atom stereocenters. The average Bonchev–Trinajstić information content (AvgIpc) is 3.05. The van der Waals surface area contributed by atoms with Crippen molar-refractivity contribution in [2.75, 3.05) is 0 Å². The molecular weight excluding hydrogens is 370 g/mol. The molecule has 24 heavy (non-hydrogen) atoms. The molecule has 0 bridgehead atoms. The van der Waals surface area contributed by atoms with E-state index in [0.29, 0.717) is 20.5 Å². The lowest BCUT2D eigenvalue weighted by molar-refractivity contribution is -0.386. The Morgan fingerprint density at radius 3 is 2.79 bits per heavy atom. The number of hydrogen-bond acceptors (Lipinski definition) is 8. The molecule has 4 aromatic rings. The Kier molecular flexibility index (Phi) is 3.75. The molecule has 0 aliphatic carbocycles. The number of aromatic nitrogens is 4. The largest absolute Gasteiger partial charge is 0.312 e. The Hall–Kier alpha value is -2.36. The summed E-state index contributed by atoms with van der Waals surface area (Å²) in [5.41, 5.74) is 1.18. The highest BCUT2D eigenvalue weighted by Gasteiger charge is 2.25. The third kappa shape index (κ3) is 2.46. The van der Waals surface area contributed by atoms with Crippen molar-refractivity contribution in [2.24, 2.45) is 0 Å². The number of nitrogens with zero attached hydrogens (tertiary/aromatic N) is 5. The van der Waals surface area contributed by atoms with Gasteiger partial charge in [-0.25, -0.2) is 9.97 Å². The number of nitro groups is 1. The molecule has 4 rings (SSSR count).